The number of phosphoric ester groups is 1. The van der Waals surface area contributed by atoms with Gasteiger partial charge in [-0.3, -0.25) is 9.32 Å². The Morgan fingerprint density at radius 2 is 1.41 bits per heavy atom. The van der Waals surface area contributed by atoms with Crippen LogP contribution in [0.25, 0.3) is 0 Å². The molecule has 0 rings (SSSR count). The van der Waals surface area contributed by atoms with E-state index < -0.39 is 39.1 Å². The zero-order valence-corrected chi connectivity index (χ0v) is 19.7. The highest BCUT2D eigenvalue weighted by Gasteiger charge is 2.22. The number of carbonyl (C=O) groups excluding carboxylic acids is 2. The predicted molar refractivity (Wildman–Crippen MR) is 125 cm³/mol. The van der Waals surface area contributed by atoms with Gasteiger partial charge in [0.05, 0.1) is 6.61 Å². The van der Waals surface area contributed by atoms with Crippen molar-refractivity contribution in [3.63, 3.8) is 0 Å². The van der Waals surface area contributed by atoms with Gasteiger partial charge in [-0.1, -0.05) is 39.0 Å². The summed E-state index contributed by atoms with van der Waals surface area (Å²) < 4.78 is 25.2. The Morgan fingerprint density at radius 3 is 2.00 bits per heavy atom. The van der Waals surface area contributed by atoms with Gasteiger partial charge in [-0.05, 0) is 65.6 Å². The molecule has 0 saturated heterocycles. The number of carbonyl (C=O) groups is 2. The van der Waals surface area contributed by atoms with E-state index in [0.717, 1.165) is 32.1 Å². The fourth-order valence-corrected chi connectivity index (χ4v) is 2.49. The third-order valence-electron chi connectivity index (χ3n) is 3.60. The van der Waals surface area contributed by atoms with Crippen molar-refractivity contribution in [3.8, 4) is 71.5 Å². The lowest BCUT2D eigenvalue weighted by molar-refractivity contribution is -0.158. The molecule has 178 valence electrons. The monoisotopic (exact) mass is 484 g/mol. The fraction of sp³-hybridized carbons (Fsp3) is 0.440. The van der Waals surface area contributed by atoms with Crippen LogP contribution in [0.15, 0.2) is 0 Å². The SMILES string of the molecule is C#CC#CC#CC#CC#CC#CC(=O)OC[C@H](COP(=O)(O)O)OC(=O)CCCCCCCC. The second kappa shape index (κ2) is 20.0. The second-order valence-electron chi connectivity index (χ2n) is 6.41. The molecule has 9 heteroatoms. The molecule has 0 unspecified atom stereocenters. The third-order valence-corrected chi connectivity index (χ3v) is 4.08. The first-order chi connectivity index (χ1) is 16.3. The molecule has 34 heavy (non-hydrogen) atoms. The number of esters is 2. The maximum Gasteiger partial charge on any atom is 0.469 e. The molecule has 0 aromatic heterocycles. The van der Waals surface area contributed by atoms with Gasteiger partial charge in [0.15, 0.2) is 6.10 Å². The molecule has 0 aliphatic carbocycles. The average molecular weight is 484 g/mol. The summed E-state index contributed by atoms with van der Waals surface area (Å²) in [5.74, 6) is 23.6. The molecule has 1 atom stereocenters. The maximum atomic E-state index is 12.0. The van der Waals surface area contributed by atoms with E-state index in [1.165, 1.54) is 0 Å². The predicted octanol–water partition coefficient (Wildman–Crippen LogP) is 1.95. The first-order valence-corrected chi connectivity index (χ1v) is 11.8. The van der Waals surface area contributed by atoms with E-state index in [4.69, 9.17) is 25.7 Å². The lowest BCUT2D eigenvalue weighted by atomic mass is 10.1. The molecule has 0 aromatic carbocycles. The van der Waals surface area contributed by atoms with Crippen molar-refractivity contribution in [2.45, 2.75) is 58.0 Å². The van der Waals surface area contributed by atoms with Crippen molar-refractivity contribution < 1.29 is 37.9 Å². The Kier molecular flexibility index (Phi) is 17.9. The Bertz CT molecular complexity index is 1070. The largest absolute Gasteiger partial charge is 0.469 e. The average Bonchev–Trinajstić information content (AvgIpc) is 2.78. The Labute approximate surface area is 200 Å². The second-order valence-corrected chi connectivity index (χ2v) is 7.65. The van der Waals surface area contributed by atoms with Crippen molar-refractivity contribution in [1.29, 1.82) is 0 Å². The van der Waals surface area contributed by atoms with E-state index in [1.54, 1.807) is 0 Å². The van der Waals surface area contributed by atoms with Gasteiger partial charge in [-0.15, -0.1) is 6.42 Å². The quantitative estimate of drug-likeness (QED) is 0.134. The molecule has 0 saturated carbocycles. The van der Waals surface area contributed by atoms with Crippen molar-refractivity contribution >= 4 is 19.8 Å². The summed E-state index contributed by atoms with van der Waals surface area (Å²) in [6.07, 6.45) is 9.66. The van der Waals surface area contributed by atoms with Crippen LogP contribution in [-0.4, -0.2) is 41.0 Å². The molecular formula is C25H25O8P. The number of terminal acetylenes is 1. The normalized spacial score (nSPS) is 9.82. The third kappa shape index (κ3) is 21.6. The standard InChI is InChI=1S/C25H25O8P/c1-3-5-7-9-11-12-13-14-16-17-19-24(26)31-21-23(22-32-34(28,29)30)33-25(27)20-18-15-10-8-6-4-2/h1,23H,4,6,8,10,15,18,20-22H2,2H3,(H2,28,29,30)/t23-/m1/s1. The number of ether oxygens (including phenoxy) is 2. The van der Waals surface area contributed by atoms with E-state index in [9.17, 15) is 14.2 Å². The van der Waals surface area contributed by atoms with Gasteiger partial charge in [-0.25, -0.2) is 9.36 Å². The van der Waals surface area contributed by atoms with Gasteiger partial charge in [0.2, 0.25) is 0 Å². The van der Waals surface area contributed by atoms with Gasteiger partial charge >= 0.3 is 19.8 Å². The molecule has 0 aliphatic rings. The molecule has 0 spiro atoms. The molecule has 0 bridgehead atoms. The molecule has 0 heterocycles. The van der Waals surface area contributed by atoms with Crippen molar-refractivity contribution in [2.24, 2.45) is 0 Å². The topological polar surface area (TPSA) is 119 Å². The Hall–Kier alpha value is -3.59. The first-order valence-electron chi connectivity index (χ1n) is 10.3. The summed E-state index contributed by atoms with van der Waals surface area (Å²) in [6.45, 7) is 0.947. The van der Waals surface area contributed by atoms with Crippen LogP contribution in [0.3, 0.4) is 0 Å². The summed E-state index contributed by atoms with van der Waals surface area (Å²) in [5.41, 5.74) is 0. The fourth-order valence-electron chi connectivity index (χ4n) is 2.13. The molecular weight excluding hydrogens is 459 g/mol. The van der Waals surface area contributed by atoms with Crippen LogP contribution >= 0.6 is 7.82 Å². The summed E-state index contributed by atoms with van der Waals surface area (Å²) in [4.78, 5) is 41.4. The number of unbranched alkanes of at least 4 members (excludes halogenated alkanes) is 5. The molecule has 0 fully saturated rings. The Balaban J connectivity index is 4.65. The zero-order valence-electron chi connectivity index (χ0n) is 18.8. The highest BCUT2D eigenvalue weighted by atomic mass is 31.2. The minimum atomic E-state index is -4.80. The van der Waals surface area contributed by atoms with E-state index in [0.29, 0.717) is 6.42 Å². The van der Waals surface area contributed by atoms with E-state index in [2.05, 4.69) is 76.6 Å². The van der Waals surface area contributed by atoms with Gasteiger partial charge in [0, 0.05) is 12.3 Å². The number of hydrogen-bond acceptors (Lipinski definition) is 6. The van der Waals surface area contributed by atoms with Crippen LogP contribution in [-0.2, 0) is 28.2 Å². The van der Waals surface area contributed by atoms with Gasteiger partial charge in [0.25, 0.3) is 0 Å². The minimum absolute atomic E-state index is 0.129. The molecule has 0 aliphatic heterocycles. The highest BCUT2D eigenvalue weighted by molar-refractivity contribution is 7.46. The molecule has 0 radical (unpaired) electrons. The van der Waals surface area contributed by atoms with Crippen LogP contribution in [0.5, 0.6) is 0 Å². The number of rotatable bonds is 13. The van der Waals surface area contributed by atoms with Crippen LogP contribution in [0, 0.1) is 71.5 Å². The smallest absolute Gasteiger partial charge is 0.456 e. The Morgan fingerprint density at radius 1 is 0.853 bits per heavy atom. The zero-order chi connectivity index (χ0) is 25.5. The van der Waals surface area contributed by atoms with Crippen molar-refractivity contribution in [3.05, 3.63) is 0 Å². The lowest BCUT2D eigenvalue weighted by Gasteiger charge is -2.17. The van der Waals surface area contributed by atoms with E-state index >= 15 is 0 Å². The highest BCUT2D eigenvalue weighted by Crippen LogP contribution is 2.35. The minimum Gasteiger partial charge on any atom is -0.456 e. The number of hydrogen-bond donors (Lipinski definition) is 2. The van der Waals surface area contributed by atoms with Gasteiger partial charge in [-0.2, -0.15) is 0 Å². The molecule has 0 aromatic rings. The summed E-state index contributed by atoms with van der Waals surface area (Å²) in [5, 5.41) is 0. The van der Waals surface area contributed by atoms with Crippen LogP contribution in [0.2, 0.25) is 0 Å². The lowest BCUT2D eigenvalue weighted by Crippen LogP contribution is -2.29. The van der Waals surface area contributed by atoms with E-state index in [-0.39, 0.29) is 6.42 Å². The van der Waals surface area contributed by atoms with Gasteiger partial charge < -0.3 is 19.3 Å². The van der Waals surface area contributed by atoms with Crippen molar-refractivity contribution in [2.75, 3.05) is 13.2 Å². The summed E-state index contributed by atoms with van der Waals surface area (Å²) in [7, 11) is -4.80. The molecule has 8 nitrogen and oxygen atoms in total. The summed E-state index contributed by atoms with van der Waals surface area (Å²) >= 11 is 0. The first kappa shape index (κ1) is 30.4. The van der Waals surface area contributed by atoms with Crippen LogP contribution in [0.4, 0.5) is 0 Å². The van der Waals surface area contributed by atoms with Crippen LogP contribution < -0.4 is 0 Å². The van der Waals surface area contributed by atoms with Crippen molar-refractivity contribution in [1.82, 2.24) is 0 Å². The maximum absolute atomic E-state index is 12.0. The van der Waals surface area contributed by atoms with E-state index in [1.807, 2.05) is 0 Å². The number of phosphoric acid groups is 1. The van der Waals surface area contributed by atoms with Gasteiger partial charge in [0.1, 0.15) is 6.61 Å². The summed E-state index contributed by atoms with van der Waals surface area (Å²) in [6, 6.07) is 0. The van der Waals surface area contributed by atoms with Crippen LogP contribution in [0.1, 0.15) is 51.9 Å². The molecule has 2 N–H and O–H groups in total. The molecule has 0 amide bonds.